The lowest BCUT2D eigenvalue weighted by atomic mass is 9.74. The second kappa shape index (κ2) is 4.81. The Bertz CT molecular complexity index is 204. The van der Waals surface area contributed by atoms with E-state index < -0.39 is 0 Å². The van der Waals surface area contributed by atoms with Crippen molar-refractivity contribution in [2.24, 2.45) is 17.1 Å². The highest BCUT2D eigenvalue weighted by Gasteiger charge is 2.42. The number of nitrogens with two attached hydrogens (primary N) is 1. The SMILES string of the molecule is NCC1(CC2CCOCC2)CCCC1O. The van der Waals surface area contributed by atoms with Crippen LogP contribution < -0.4 is 5.73 Å². The molecule has 3 N–H and O–H groups in total. The van der Waals surface area contributed by atoms with E-state index in [4.69, 9.17) is 10.5 Å². The fourth-order valence-corrected chi connectivity index (χ4v) is 3.21. The topological polar surface area (TPSA) is 55.5 Å². The summed E-state index contributed by atoms with van der Waals surface area (Å²) in [6, 6.07) is 0. The number of aliphatic hydroxyl groups is 1. The number of aliphatic hydroxyl groups excluding tert-OH is 1. The van der Waals surface area contributed by atoms with E-state index in [0.717, 1.165) is 57.7 Å². The average Bonchev–Trinajstić information content (AvgIpc) is 2.62. The predicted molar refractivity (Wildman–Crippen MR) is 59.5 cm³/mol. The lowest BCUT2D eigenvalue weighted by Gasteiger charge is -2.36. The lowest BCUT2D eigenvalue weighted by molar-refractivity contribution is 0.00765. The van der Waals surface area contributed by atoms with Crippen molar-refractivity contribution in [1.29, 1.82) is 0 Å². The Morgan fingerprint density at radius 1 is 1.27 bits per heavy atom. The van der Waals surface area contributed by atoms with Gasteiger partial charge in [0, 0.05) is 25.2 Å². The standard InChI is InChI=1S/C12H23NO2/c13-9-12(5-1-2-11(12)14)8-10-3-6-15-7-4-10/h10-11,14H,1-9,13H2. The van der Waals surface area contributed by atoms with E-state index in [1.807, 2.05) is 0 Å². The third-order valence-electron chi connectivity index (χ3n) is 4.30. The highest BCUT2D eigenvalue weighted by molar-refractivity contribution is 4.94. The first-order valence-corrected chi connectivity index (χ1v) is 6.23. The molecule has 15 heavy (non-hydrogen) atoms. The Morgan fingerprint density at radius 2 is 2.00 bits per heavy atom. The molecule has 2 aliphatic rings. The summed E-state index contributed by atoms with van der Waals surface area (Å²) in [6.45, 7) is 2.42. The van der Waals surface area contributed by atoms with Crippen LogP contribution in [-0.2, 0) is 4.74 Å². The van der Waals surface area contributed by atoms with Gasteiger partial charge in [-0.3, -0.25) is 0 Å². The van der Waals surface area contributed by atoms with Crippen molar-refractivity contribution in [3.8, 4) is 0 Å². The molecule has 2 unspecified atom stereocenters. The first-order valence-electron chi connectivity index (χ1n) is 6.23. The van der Waals surface area contributed by atoms with Crippen molar-refractivity contribution in [2.45, 2.75) is 44.6 Å². The number of rotatable bonds is 3. The molecule has 1 saturated heterocycles. The third kappa shape index (κ3) is 2.35. The molecule has 2 atom stereocenters. The first kappa shape index (κ1) is 11.4. The summed E-state index contributed by atoms with van der Waals surface area (Å²) >= 11 is 0. The van der Waals surface area contributed by atoms with Crippen LogP contribution >= 0.6 is 0 Å². The quantitative estimate of drug-likeness (QED) is 0.743. The zero-order valence-electron chi connectivity index (χ0n) is 9.45. The van der Waals surface area contributed by atoms with Gasteiger partial charge in [-0.1, -0.05) is 6.42 Å². The van der Waals surface area contributed by atoms with Crippen molar-refractivity contribution >= 4 is 0 Å². The van der Waals surface area contributed by atoms with Crippen LogP contribution in [-0.4, -0.2) is 31.0 Å². The minimum absolute atomic E-state index is 0.0298. The predicted octanol–water partition coefficient (Wildman–Crippen LogP) is 1.29. The Kier molecular flexibility index (Phi) is 3.65. The van der Waals surface area contributed by atoms with Crippen molar-refractivity contribution in [1.82, 2.24) is 0 Å². The summed E-state index contributed by atoms with van der Waals surface area (Å²) in [5.41, 5.74) is 5.91. The molecule has 1 saturated carbocycles. The Hall–Kier alpha value is -0.120. The van der Waals surface area contributed by atoms with Crippen LogP contribution in [0.2, 0.25) is 0 Å². The fourth-order valence-electron chi connectivity index (χ4n) is 3.21. The summed E-state index contributed by atoms with van der Waals surface area (Å²) in [6.07, 6.45) is 6.44. The highest BCUT2D eigenvalue weighted by atomic mass is 16.5. The molecule has 0 aromatic rings. The third-order valence-corrected chi connectivity index (χ3v) is 4.30. The average molecular weight is 213 g/mol. The van der Waals surface area contributed by atoms with Crippen molar-refractivity contribution in [2.75, 3.05) is 19.8 Å². The van der Waals surface area contributed by atoms with Gasteiger partial charge in [0.15, 0.2) is 0 Å². The Labute approximate surface area is 92.0 Å². The lowest BCUT2D eigenvalue weighted by Crippen LogP contribution is -2.40. The van der Waals surface area contributed by atoms with Gasteiger partial charge >= 0.3 is 0 Å². The van der Waals surface area contributed by atoms with E-state index in [0.29, 0.717) is 6.54 Å². The first-order chi connectivity index (χ1) is 7.27. The van der Waals surface area contributed by atoms with Crippen LogP contribution in [0, 0.1) is 11.3 Å². The van der Waals surface area contributed by atoms with Crippen molar-refractivity contribution in [3.63, 3.8) is 0 Å². The van der Waals surface area contributed by atoms with Gasteiger partial charge < -0.3 is 15.6 Å². The zero-order chi connectivity index (χ0) is 10.7. The molecule has 3 heteroatoms. The summed E-state index contributed by atoms with van der Waals surface area (Å²) in [5.74, 6) is 0.718. The molecule has 2 fully saturated rings. The van der Waals surface area contributed by atoms with Gasteiger partial charge in [0.1, 0.15) is 0 Å². The fraction of sp³-hybridized carbons (Fsp3) is 1.00. The van der Waals surface area contributed by atoms with Gasteiger partial charge in [0.2, 0.25) is 0 Å². The van der Waals surface area contributed by atoms with Crippen molar-refractivity contribution in [3.05, 3.63) is 0 Å². The van der Waals surface area contributed by atoms with Crippen LogP contribution in [0.5, 0.6) is 0 Å². The smallest absolute Gasteiger partial charge is 0.0608 e. The summed E-state index contributed by atoms with van der Waals surface area (Å²) in [5, 5.41) is 10.1. The minimum Gasteiger partial charge on any atom is -0.393 e. The van der Waals surface area contributed by atoms with Gasteiger partial charge in [-0.25, -0.2) is 0 Å². The van der Waals surface area contributed by atoms with Crippen LogP contribution in [0.3, 0.4) is 0 Å². The van der Waals surface area contributed by atoms with Crippen LogP contribution in [0.4, 0.5) is 0 Å². The molecule has 0 spiro atoms. The molecule has 88 valence electrons. The molecular formula is C12H23NO2. The normalized spacial score (nSPS) is 38.4. The molecule has 1 aliphatic heterocycles. The van der Waals surface area contributed by atoms with E-state index >= 15 is 0 Å². The monoisotopic (exact) mass is 213 g/mol. The molecule has 1 aliphatic carbocycles. The number of ether oxygens (including phenoxy) is 1. The number of hydrogen-bond acceptors (Lipinski definition) is 3. The van der Waals surface area contributed by atoms with Gasteiger partial charge in [-0.2, -0.15) is 0 Å². The second-order valence-electron chi connectivity index (χ2n) is 5.23. The zero-order valence-corrected chi connectivity index (χ0v) is 9.45. The molecule has 2 rings (SSSR count). The largest absolute Gasteiger partial charge is 0.393 e. The molecule has 0 aromatic carbocycles. The summed E-state index contributed by atoms with van der Waals surface area (Å²) < 4.78 is 5.36. The molecule has 0 amide bonds. The van der Waals surface area contributed by atoms with Crippen LogP contribution in [0.1, 0.15) is 38.5 Å². The van der Waals surface area contributed by atoms with Gasteiger partial charge in [0.05, 0.1) is 6.10 Å². The second-order valence-corrected chi connectivity index (χ2v) is 5.23. The van der Waals surface area contributed by atoms with Crippen LogP contribution in [0.15, 0.2) is 0 Å². The van der Waals surface area contributed by atoms with Crippen molar-refractivity contribution < 1.29 is 9.84 Å². The minimum atomic E-state index is -0.162. The van der Waals surface area contributed by atoms with Gasteiger partial charge in [0.25, 0.3) is 0 Å². The Balaban J connectivity index is 1.94. The number of hydrogen-bond donors (Lipinski definition) is 2. The molecule has 3 nitrogen and oxygen atoms in total. The molecule has 0 radical (unpaired) electrons. The molecule has 0 bridgehead atoms. The van der Waals surface area contributed by atoms with E-state index in [1.165, 1.54) is 0 Å². The summed E-state index contributed by atoms with van der Waals surface area (Å²) in [7, 11) is 0. The van der Waals surface area contributed by atoms with E-state index in [-0.39, 0.29) is 11.5 Å². The van der Waals surface area contributed by atoms with Gasteiger partial charge in [-0.15, -0.1) is 0 Å². The maximum atomic E-state index is 10.1. The van der Waals surface area contributed by atoms with Crippen LogP contribution in [0.25, 0.3) is 0 Å². The Morgan fingerprint density at radius 3 is 2.53 bits per heavy atom. The summed E-state index contributed by atoms with van der Waals surface area (Å²) in [4.78, 5) is 0. The van der Waals surface area contributed by atoms with E-state index in [9.17, 15) is 5.11 Å². The molecule has 0 aromatic heterocycles. The maximum absolute atomic E-state index is 10.1. The molecule has 1 heterocycles. The molecular weight excluding hydrogens is 190 g/mol. The van der Waals surface area contributed by atoms with Gasteiger partial charge in [-0.05, 0) is 38.0 Å². The highest BCUT2D eigenvalue weighted by Crippen LogP contribution is 2.44. The maximum Gasteiger partial charge on any atom is 0.0608 e. The van der Waals surface area contributed by atoms with E-state index in [2.05, 4.69) is 0 Å². The van der Waals surface area contributed by atoms with E-state index in [1.54, 1.807) is 0 Å².